The van der Waals surface area contributed by atoms with Crippen LogP contribution in [0.4, 0.5) is 0 Å². The third kappa shape index (κ3) is 6.05. The van der Waals surface area contributed by atoms with E-state index in [1.54, 1.807) is 43.3 Å². The minimum atomic E-state index is -4.11. The second kappa shape index (κ2) is 9.97. The number of H-pyrrole nitrogens is 1. The van der Waals surface area contributed by atoms with E-state index in [-0.39, 0.29) is 12.4 Å². The molecule has 3 N–H and O–H groups in total. The molecule has 0 radical (unpaired) electrons. The van der Waals surface area contributed by atoms with Crippen molar-refractivity contribution in [2.75, 3.05) is 6.61 Å². The van der Waals surface area contributed by atoms with Gasteiger partial charge in [-0.3, -0.25) is 23.7 Å². The smallest absolute Gasteiger partial charge is 0.459 e. The van der Waals surface area contributed by atoms with Crippen LogP contribution in [0.2, 0.25) is 0 Å². The highest BCUT2D eigenvalue weighted by atomic mass is 79.9. The first-order valence-corrected chi connectivity index (χ1v) is 11.8. The van der Waals surface area contributed by atoms with E-state index in [9.17, 15) is 18.9 Å². The standard InChI is InChI=1S/C19H21BrN3O8P/c1-11-9-23(19(27)21-17(11)24)16-8-7-15(30-16)10-29-32(28,22-12(2)18(25)26)31-14-5-3-13(20)4-6-14/h3-9,12,15-16H,10H2,1-2H3,(H,22,28)(H,25,26)(H,21,24,27)/t12?,15-,16+,32?/m0/s1. The van der Waals surface area contributed by atoms with Gasteiger partial charge in [0, 0.05) is 16.2 Å². The molecule has 2 unspecified atom stereocenters. The number of nitrogens with zero attached hydrogens (tertiary/aromatic N) is 1. The number of aryl methyl sites for hydroxylation is 1. The van der Waals surface area contributed by atoms with Crippen LogP contribution in [0, 0.1) is 6.92 Å². The lowest BCUT2D eigenvalue weighted by Crippen LogP contribution is -2.35. The van der Waals surface area contributed by atoms with Crippen LogP contribution in [-0.2, 0) is 18.6 Å². The minimum absolute atomic E-state index is 0.206. The van der Waals surface area contributed by atoms with Gasteiger partial charge in [0.2, 0.25) is 0 Å². The first kappa shape index (κ1) is 24.1. The number of halogens is 1. The van der Waals surface area contributed by atoms with Crippen LogP contribution in [0.5, 0.6) is 5.75 Å². The Kier molecular flexibility index (Phi) is 7.52. The zero-order valence-corrected chi connectivity index (χ0v) is 19.5. The number of carbonyl (C=O) groups is 1. The molecule has 0 spiro atoms. The number of ether oxygens (including phenoxy) is 1. The molecule has 1 aromatic carbocycles. The van der Waals surface area contributed by atoms with Gasteiger partial charge in [0.1, 0.15) is 17.9 Å². The number of aromatic nitrogens is 2. The van der Waals surface area contributed by atoms with Crippen LogP contribution in [-0.4, -0.2) is 39.4 Å². The lowest BCUT2D eigenvalue weighted by Gasteiger charge is -2.23. The predicted molar refractivity (Wildman–Crippen MR) is 118 cm³/mol. The molecule has 13 heteroatoms. The molecule has 0 saturated heterocycles. The van der Waals surface area contributed by atoms with E-state index >= 15 is 0 Å². The Morgan fingerprint density at radius 2 is 2.03 bits per heavy atom. The van der Waals surface area contributed by atoms with Crippen LogP contribution in [0.3, 0.4) is 0 Å². The van der Waals surface area contributed by atoms with Gasteiger partial charge < -0.3 is 14.4 Å². The first-order valence-electron chi connectivity index (χ1n) is 9.42. The average molecular weight is 530 g/mol. The Bertz CT molecular complexity index is 1180. The van der Waals surface area contributed by atoms with Gasteiger partial charge in [0.15, 0.2) is 6.23 Å². The Hall–Kier alpha value is -2.50. The zero-order valence-electron chi connectivity index (χ0n) is 17.1. The number of carboxylic acids is 1. The SMILES string of the molecule is Cc1cn([C@H]2C=C[C@@H](COP(=O)(NC(C)C(=O)O)Oc3ccc(Br)cc3)O2)c(=O)[nH]c1=O. The summed E-state index contributed by atoms with van der Waals surface area (Å²) in [5, 5.41) is 11.5. The van der Waals surface area contributed by atoms with E-state index < -0.39 is 43.3 Å². The van der Waals surface area contributed by atoms with E-state index in [2.05, 4.69) is 26.0 Å². The number of hydrogen-bond donors (Lipinski definition) is 3. The van der Waals surface area contributed by atoms with Gasteiger partial charge in [-0.25, -0.2) is 9.36 Å². The molecule has 0 aliphatic carbocycles. The van der Waals surface area contributed by atoms with Crippen LogP contribution in [0.15, 0.2) is 56.7 Å². The second-order valence-corrected chi connectivity index (χ2v) is 9.57. The van der Waals surface area contributed by atoms with Crippen molar-refractivity contribution in [1.29, 1.82) is 0 Å². The summed E-state index contributed by atoms with van der Waals surface area (Å²) in [7, 11) is -4.11. The molecule has 172 valence electrons. The van der Waals surface area contributed by atoms with Gasteiger partial charge in [0.25, 0.3) is 5.56 Å². The number of aromatic amines is 1. The molecule has 4 atom stereocenters. The lowest BCUT2D eigenvalue weighted by atomic mass is 10.3. The fourth-order valence-corrected chi connectivity index (χ4v) is 4.48. The molecule has 2 heterocycles. The van der Waals surface area contributed by atoms with Crippen molar-refractivity contribution in [1.82, 2.24) is 14.6 Å². The third-order valence-electron chi connectivity index (χ3n) is 4.39. The number of hydrogen-bond acceptors (Lipinski definition) is 7. The zero-order chi connectivity index (χ0) is 23.5. The quantitative estimate of drug-likeness (QED) is 0.328. The normalized spacial score (nSPS) is 20.6. The van der Waals surface area contributed by atoms with Gasteiger partial charge in [-0.15, -0.1) is 0 Å². The van der Waals surface area contributed by atoms with Crippen molar-refractivity contribution in [3.8, 4) is 5.75 Å². The van der Waals surface area contributed by atoms with E-state index in [0.29, 0.717) is 5.56 Å². The monoisotopic (exact) mass is 529 g/mol. The highest BCUT2D eigenvalue weighted by molar-refractivity contribution is 9.10. The van der Waals surface area contributed by atoms with E-state index in [1.165, 1.54) is 17.7 Å². The summed E-state index contributed by atoms with van der Waals surface area (Å²) in [6, 6.07) is 5.20. The topological polar surface area (TPSA) is 149 Å². The molecule has 0 bridgehead atoms. The molecule has 0 saturated carbocycles. The van der Waals surface area contributed by atoms with Crippen LogP contribution < -0.4 is 20.9 Å². The summed E-state index contributed by atoms with van der Waals surface area (Å²) in [4.78, 5) is 37.0. The highest BCUT2D eigenvalue weighted by Gasteiger charge is 2.33. The van der Waals surface area contributed by atoms with Gasteiger partial charge in [0.05, 0.1) is 6.61 Å². The maximum atomic E-state index is 13.2. The molecule has 0 fully saturated rings. The summed E-state index contributed by atoms with van der Waals surface area (Å²) in [5.74, 6) is -1.03. The van der Waals surface area contributed by atoms with Crippen molar-refractivity contribution in [2.24, 2.45) is 0 Å². The second-order valence-electron chi connectivity index (χ2n) is 6.96. The van der Waals surface area contributed by atoms with Crippen molar-refractivity contribution < 1.29 is 28.3 Å². The molecule has 11 nitrogen and oxygen atoms in total. The number of benzene rings is 1. The van der Waals surface area contributed by atoms with Gasteiger partial charge >= 0.3 is 19.4 Å². The number of carboxylic acid groups (broad SMARTS) is 1. The Morgan fingerprint density at radius 1 is 1.34 bits per heavy atom. The first-order chi connectivity index (χ1) is 15.1. The van der Waals surface area contributed by atoms with E-state index in [0.717, 1.165) is 4.47 Å². The van der Waals surface area contributed by atoms with Crippen molar-refractivity contribution >= 4 is 29.6 Å². The molecule has 1 aromatic heterocycles. The predicted octanol–water partition coefficient (Wildman–Crippen LogP) is 2.33. The maximum Gasteiger partial charge on any atom is 0.459 e. The molecule has 32 heavy (non-hydrogen) atoms. The van der Waals surface area contributed by atoms with Gasteiger partial charge in [-0.2, -0.15) is 5.09 Å². The lowest BCUT2D eigenvalue weighted by molar-refractivity contribution is -0.138. The molecule has 2 aromatic rings. The molecular weight excluding hydrogens is 509 g/mol. The summed E-state index contributed by atoms with van der Waals surface area (Å²) in [5.41, 5.74) is -0.795. The fraction of sp³-hybridized carbons (Fsp3) is 0.316. The van der Waals surface area contributed by atoms with Crippen molar-refractivity contribution in [2.45, 2.75) is 32.2 Å². The maximum absolute atomic E-state index is 13.2. The van der Waals surface area contributed by atoms with Crippen molar-refractivity contribution in [3.63, 3.8) is 0 Å². The number of aliphatic carboxylic acids is 1. The Balaban J connectivity index is 1.70. The molecular formula is C19H21BrN3O8P. The fourth-order valence-electron chi connectivity index (χ4n) is 2.71. The number of nitrogens with one attached hydrogen (secondary N) is 2. The Labute approximate surface area is 190 Å². The minimum Gasteiger partial charge on any atom is -0.480 e. The van der Waals surface area contributed by atoms with Gasteiger partial charge in [-0.1, -0.05) is 22.0 Å². The number of rotatable bonds is 9. The summed E-state index contributed by atoms with van der Waals surface area (Å²) < 4.78 is 31.8. The van der Waals surface area contributed by atoms with Crippen LogP contribution in [0.25, 0.3) is 0 Å². The van der Waals surface area contributed by atoms with E-state index in [4.69, 9.17) is 18.9 Å². The summed E-state index contributed by atoms with van der Waals surface area (Å²) in [6.07, 6.45) is 3.05. The van der Waals surface area contributed by atoms with Crippen molar-refractivity contribution in [3.05, 3.63) is 73.5 Å². The Morgan fingerprint density at radius 3 is 2.69 bits per heavy atom. The largest absolute Gasteiger partial charge is 0.480 e. The van der Waals surface area contributed by atoms with Gasteiger partial charge in [-0.05, 0) is 44.2 Å². The molecule has 3 rings (SSSR count). The summed E-state index contributed by atoms with van der Waals surface area (Å²) >= 11 is 3.28. The van der Waals surface area contributed by atoms with Crippen LogP contribution in [0.1, 0.15) is 18.7 Å². The average Bonchev–Trinajstić information content (AvgIpc) is 3.20. The highest BCUT2D eigenvalue weighted by Crippen LogP contribution is 2.45. The molecule has 0 amide bonds. The summed E-state index contributed by atoms with van der Waals surface area (Å²) in [6.45, 7) is 2.60. The molecule has 1 aliphatic heterocycles. The van der Waals surface area contributed by atoms with E-state index in [1.807, 2.05) is 0 Å². The molecule has 1 aliphatic rings. The van der Waals surface area contributed by atoms with Crippen LogP contribution >= 0.6 is 23.7 Å². The third-order valence-corrected chi connectivity index (χ3v) is 6.57.